The van der Waals surface area contributed by atoms with Crippen molar-refractivity contribution in [1.29, 1.82) is 0 Å². The summed E-state index contributed by atoms with van der Waals surface area (Å²) in [5, 5.41) is 20.8. The first kappa shape index (κ1) is 37.4. The van der Waals surface area contributed by atoms with E-state index in [1.54, 1.807) is 4.68 Å². The van der Waals surface area contributed by atoms with E-state index in [4.69, 9.17) is 20.9 Å². The number of unbranched alkanes of at least 4 members (excludes halogenated alkanes) is 1. The van der Waals surface area contributed by atoms with Gasteiger partial charge in [-0.15, -0.1) is 5.10 Å². The van der Waals surface area contributed by atoms with Crippen LogP contribution in [0.25, 0.3) is 0 Å². The molecule has 2 N–H and O–H groups in total. The molecule has 0 aliphatic carbocycles. The number of amides is 1. The molecule has 1 saturated heterocycles. The Morgan fingerprint density at radius 3 is 1.85 bits per heavy atom. The molecule has 0 bridgehead atoms. The second kappa shape index (κ2) is 16.1. The van der Waals surface area contributed by atoms with Crippen LogP contribution in [0.1, 0.15) is 94.0 Å². The number of tetrazole rings is 1. The van der Waals surface area contributed by atoms with Gasteiger partial charge >= 0.3 is 7.12 Å². The van der Waals surface area contributed by atoms with Crippen molar-refractivity contribution in [3.63, 3.8) is 0 Å². The van der Waals surface area contributed by atoms with Gasteiger partial charge in [0.05, 0.1) is 28.8 Å². The zero-order valence-electron chi connectivity index (χ0n) is 30.6. The number of rotatable bonds is 15. The zero-order valence-corrected chi connectivity index (χ0v) is 31.4. The lowest BCUT2D eigenvalue weighted by atomic mass is 9.76. The first-order chi connectivity index (χ1) is 25.0. The number of hydrogen-bond acceptors (Lipinski definition) is 7. The van der Waals surface area contributed by atoms with Crippen molar-refractivity contribution in [3.05, 3.63) is 148 Å². The molecule has 6 rings (SSSR count). The summed E-state index contributed by atoms with van der Waals surface area (Å²) in [5.41, 5.74) is 2.64. The highest BCUT2D eigenvalue weighted by Crippen LogP contribution is 2.41. The molecular weight excluding hydrogens is 671 g/mol. The molecule has 1 fully saturated rings. The van der Waals surface area contributed by atoms with Gasteiger partial charge in [-0.25, -0.2) is 4.68 Å². The Labute approximate surface area is 312 Å². The van der Waals surface area contributed by atoms with Crippen LogP contribution in [0.2, 0.25) is 11.3 Å². The standard InChI is InChI=1S/C41H48BClN6O3/c1-30(31-24-26-35(43)27-25-31)44-37(50)29-49-38(46-47-48-49)36(23-15-16-28-42-51-39(2,3)40(4,5)52-42)45-41(32-17-9-6-10-18-32,33-19-11-7-12-20-33)34-21-13-8-14-22-34/h6-14,17-22,24-27,30,36,45H,15-16,23,28-29H2,1-5H3,(H,44,50)/t30-,36?/m0/s1. The first-order valence-corrected chi connectivity index (χ1v) is 18.5. The van der Waals surface area contributed by atoms with E-state index >= 15 is 0 Å². The highest BCUT2D eigenvalue weighted by Gasteiger charge is 2.50. The lowest BCUT2D eigenvalue weighted by Gasteiger charge is -2.40. The molecule has 5 aromatic rings. The fourth-order valence-electron chi connectivity index (χ4n) is 6.92. The van der Waals surface area contributed by atoms with Gasteiger partial charge in [0.1, 0.15) is 6.54 Å². The molecule has 1 aliphatic heterocycles. The Balaban J connectivity index is 1.32. The van der Waals surface area contributed by atoms with E-state index in [1.807, 2.05) is 49.4 Å². The Hall–Kier alpha value is -4.35. The van der Waals surface area contributed by atoms with Crippen LogP contribution in [0.5, 0.6) is 0 Å². The van der Waals surface area contributed by atoms with Gasteiger partial charge in [-0.3, -0.25) is 10.1 Å². The minimum absolute atomic E-state index is 0.0403. The summed E-state index contributed by atoms with van der Waals surface area (Å²) in [4.78, 5) is 13.5. The third kappa shape index (κ3) is 8.31. The average Bonchev–Trinajstić information content (AvgIpc) is 3.68. The van der Waals surface area contributed by atoms with Crippen LogP contribution in [-0.4, -0.2) is 44.4 Å². The Kier molecular flexibility index (Phi) is 11.6. The van der Waals surface area contributed by atoms with E-state index in [1.165, 1.54) is 0 Å². The van der Waals surface area contributed by atoms with Crippen molar-refractivity contribution in [3.8, 4) is 0 Å². The quantitative estimate of drug-likeness (QED) is 0.0641. The number of halogens is 1. The van der Waals surface area contributed by atoms with Crippen molar-refractivity contribution >= 4 is 24.6 Å². The summed E-state index contributed by atoms with van der Waals surface area (Å²) < 4.78 is 14.2. The fraction of sp³-hybridized carbons (Fsp3) is 0.366. The summed E-state index contributed by atoms with van der Waals surface area (Å²) in [7, 11) is -0.273. The van der Waals surface area contributed by atoms with Crippen molar-refractivity contribution < 1.29 is 14.1 Å². The SMILES string of the molecule is C[C@H](NC(=O)Cn1nnnc1C(CCCCB1OC(C)(C)C(C)(C)O1)NC(c1ccccc1)(c1ccccc1)c1ccccc1)c1ccc(Cl)cc1. The molecule has 52 heavy (non-hydrogen) atoms. The van der Waals surface area contributed by atoms with Crippen LogP contribution >= 0.6 is 11.6 Å². The molecule has 0 radical (unpaired) electrons. The highest BCUT2D eigenvalue weighted by molar-refractivity contribution is 6.45. The van der Waals surface area contributed by atoms with E-state index in [2.05, 4.69) is 127 Å². The van der Waals surface area contributed by atoms with Gasteiger partial charge in [-0.05, 0) is 92.2 Å². The normalized spacial score (nSPS) is 16.4. The highest BCUT2D eigenvalue weighted by atomic mass is 35.5. The molecule has 11 heteroatoms. The van der Waals surface area contributed by atoms with Gasteiger partial charge in [0, 0.05) is 5.02 Å². The molecule has 270 valence electrons. The molecule has 2 heterocycles. The molecule has 0 saturated carbocycles. The van der Waals surface area contributed by atoms with E-state index in [-0.39, 0.29) is 42.9 Å². The minimum atomic E-state index is -0.775. The maximum Gasteiger partial charge on any atom is 0.457 e. The smallest absolute Gasteiger partial charge is 0.403 e. The molecule has 0 spiro atoms. The first-order valence-electron chi connectivity index (χ1n) is 18.1. The molecule has 4 aromatic carbocycles. The lowest BCUT2D eigenvalue weighted by Crippen LogP contribution is -2.47. The van der Waals surface area contributed by atoms with Crippen LogP contribution in [0, 0.1) is 0 Å². The number of carbonyl (C=O) groups excluding carboxylic acids is 1. The van der Waals surface area contributed by atoms with Crippen molar-refractivity contribution in [2.75, 3.05) is 0 Å². The zero-order chi connectivity index (χ0) is 36.8. The Bertz CT molecular complexity index is 1780. The second-order valence-electron chi connectivity index (χ2n) is 14.6. The predicted octanol–water partition coefficient (Wildman–Crippen LogP) is 8.09. The van der Waals surface area contributed by atoms with E-state index < -0.39 is 5.54 Å². The summed E-state index contributed by atoms with van der Waals surface area (Å²) in [6, 6.07) is 38.3. The average molecular weight is 719 g/mol. The molecule has 1 aromatic heterocycles. The van der Waals surface area contributed by atoms with Crippen LogP contribution in [0.4, 0.5) is 0 Å². The molecule has 1 amide bonds. The predicted molar refractivity (Wildman–Crippen MR) is 206 cm³/mol. The summed E-state index contributed by atoms with van der Waals surface area (Å²) >= 11 is 6.10. The maximum absolute atomic E-state index is 13.5. The third-order valence-electron chi connectivity index (χ3n) is 10.4. The number of nitrogens with one attached hydrogen (secondary N) is 2. The van der Waals surface area contributed by atoms with Crippen LogP contribution in [0.3, 0.4) is 0 Å². The molecule has 1 aliphatic rings. The minimum Gasteiger partial charge on any atom is -0.403 e. The number of nitrogens with zero attached hydrogens (tertiary/aromatic N) is 4. The Morgan fingerprint density at radius 1 is 0.808 bits per heavy atom. The number of aromatic nitrogens is 4. The largest absolute Gasteiger partial charge is 0.457 e. The van der Waals surface area contributed by atoms with Crippen LogP contribution in [-0.2, 0) is 26.2 Å². The van der Waals surface area contributed by atoms with Crippen molar-refractivity contribution in [2.45, 2.75) is 95.6 Å². The van der Waals surface area contributed by atoms with Gasteiger partial charge in [-0.1, -0.05) is 128 Å². The van der Waals surface area contributed by atoms with E-state index in [0.29, 0.717) is 17.3 Å². The number of benzene rings is 4. The van der Waals surface area contributed by atoms with Crippen molar-refractivity contribution in [2.24, 2.45) is 0 Å². The summed E-state index contributed by atoms with van der Waals surface area (Å²) in [5.74, 6) is 0.382. The van der Waals surface area contributed by atoms with Crippen LogP contribution in [0.15, 0.2) is 115 Å². The van der Waals surface area contributed by atoms with Gasteiger partial charge < -0.3 is 14.6 Å². The lowest BCUT2D eigenvalue weighted by molar-refractivity contribution is -0.122. The molecule has 1 unspecified atom stereocenters. The maximum atomic E-state index is 13.5. The third-order valence-corrected chi connectivity index (χ3v) is 10.7. The number of carbonyl (C=O) groups is 1. The molecular formula is C41H48BClN6O3. The fourth-order valence-corrected chi connectivity index (χ4v) is 7.04. The van der Waals surface area contributed by atoms with Gasteiger partial charge in [0.2, 0.25) is 5.91 Å². The van der Waals surface area contributed by atoms with Crippen molar-refractivity contribution in [1.82, 2.24) is 30.8 Å². The van der Waals surface area contributed by atoms with Gasteiger partial charge in [0.25, 0.3) is 0 Å². The monoisotopic (exact) mass is 718 g/mol. The van der Waals surface area contributed by atoms with E-state index in [0.717, 1.165) is 41.4 Å². The van der Waals surface area contributed by atoms with Gasteiger partial charge in [0.15, 0.2) is 5.82 Å². The summed E-state index contributed by atoms with van der Waals surface area (Å²) in [6.07, 6.45) is 3.15. The van der Waals surface area contributed by atoms with E-state index in [9.17, 15) is 4.79 Å². The Morgan fingerprint density at radius 2 is 1.33 bits per heavy atom. The second-order valence-corrected chi connectivity index (χ2v) is 15.0. The molecule has 2 atom stereocenters. The topological polar surface area (TPSA) is 103 Å². The van der Waals surface area contributed by atoms with Crippen LogP contribution < -0.4 is 10.6 Å². The van der Waals surface area contributed by atoms with Gasteiger partial charge in [-0.2, -0.15) is 0 Å². The summed E-state index contributed by atoms with van der Waals surface area (Å²) in [6.45, 7) is 10.2. The molecule has 9 nitrogen and oxygen atoms in total. The number of hydrogen-bond donors (Lipinski definition) is 2.